The van der Waals surface area contributed by atoms with Gasteiger partial charge in [0.2, 0.25) is 5.91 Å². The van der Waals surface area contributed by atoms with Crippen LogP contribution in [-0.2, 0) is 17.9 Å². The Labute approximate surface area is 129 Å². The molecule has 0 spiro atoms. The standard InChI is InChI=1S/C16H21N5O/c22-16(8-15-6-3-7-18-15)19-9-13-4-1-2-5-14(13)10-21-12-17-11-20-21/h1-2,4-5,11-12,15,18H,3,6-10H2,(H,19,22). The van der Waals surface area contributed by atoms with Gasteiger partial charge in [0.25, 0.3) is 0 Å². The fourth-order valence-corrected chi connectivity index (χ4v) is 2.79. The van der Waals surface area contributed by atoms with Crippen molar-refractivity contribution in [3.8, 4) is 0 Å². The Morgan fingerprint density at radius 2 is 2.23 bits per heavy atom. The first-order valence-corrected chi connectivity index (χ1v) is 7.70. The van der Waals surface area contributed by atoms with Crippen molar-refractivity contribution in [1.29, 1.82) is 0 Å². The van der Waals surface area contributed by atoms with Crippen LogP contribution >= 0.6 is 0 Å². The van der Waals surface area contributed by atoms with Crippen LogP contribution < -0.4 is 10.6 Å². The predicted molar refractivity (Wildman–Crippen MR) is 83.1 cm³/mol. The highest BCUT2D eigenvalue weighted by Crippen LogP contribution is 2.11. The van der Waals surface area contributed by atoms with Gasteiger partial charge in [-0.15, -0.1) is 0 Å². The zero-order valence-electron chi connectivity index (χ0n) is 12.5. The van der Waals surface area contributed by atoms with E-state index >= 15 is 0 Å². The lowest BCUT2D eigenvalue weighted by atomic mass is 10.1. The third kappa shape index (κ3) is 3.92. The zero-order valence-corrected chi connectivity index (χ0v) is 12.5. The van der Waals surface area contributed by atoms with E-state index in [1.165, 1.54) is 12.7 Å². The lowest BCUT2D eigenvalue weighted by molar-refractivity contribution is -0.121. The van der Waals surface area contributed by atoms with Crippen LogP contribution in [0.3, 0.4) is 0 Å². The molecule has 1 amide bonds. The molecule has 1 aliphatic heterocycles. The Kier molecular flexibility index (Phi) is 4.80. The number of nitrogens with zero attached hydrogens (tertiary/aromatic N) is 3. The number of nitrogens with one attached hydrogen (secondary N) is 2. The van der Waals surface area contributed by atoms with Gasteiger partial charge in [-0.3, -0.25) is 4.79 Å². The Balaban J connectivity index is 1.56. The molecule has 3 rings (SSSR count). The first-order valence-electron chi connectivity index (χ1n) is 7.70. The third-order valence-electron chi connectivity index (χ3n) is 3.99. The molecule has 1 aromatic heterocycles. The fraction of sp³-hybridized carbons (Fsp3) is 0.438. The quantitative estimate of drug-likeness (QED) is 0.837. The summed E-state index contributed by atoms with van der Waals surface area (Å²) < 4.78 is 1.78. The maximum Gasteiger partial charge on any atom is 0.221 e. The van der Waals surface area contributed by atoms with Crippen LogP contribution in [0.1, 0.15) is 30.4 Å². The molecule has 1 fully saturated rings. The van der Waals surface area contributed by atoms with E-state index in [0.29, 0.717) is 25.6 Å². The molecule has 22 heavy (non-hydrogen) atoms. The van der Waals surface area contributed by atoms with E-state index in [9.17, 15) is 4.79 Å². The molecule has 0 aliphatic carbocycles. The molecule has 2 aromatic rings. The molecule has 1 unspecified atom stereocenters. The van der Waals surface area contributed by atoms with Gasteiger partial charge in [-0.1, -0.05) is 24.3 Å². The summed E-state index contributed by atoms with van der Waals surface area (Å²) in [5, 5.41) is 10.5. The number of hydrogen-bond donors (Lipinski definition) is 2. The van der Waals surface area contributed by atoms with Gasteiger partial charge in [-0.05, 0) is 30.5 Å². The average molecular weight is 299 g/mol. The Hall–Kier alpha value is -2.21. The summed E-state index contributed by atoms with van der Waals surface area (Å²) in [6, 6.07) is 8.43. The van der Waals surface area contributed by atoms with Crippen molar-refractivity contribution in [2.24, 2.45) is 0 Å². The third-order valence-corrected chi connectivity index (χ3v) is 3.99. The molecule has 2 N–H and O–H groups in total. The van der Waals surface area contributed by atoms with Crippen LogP contribution in [0.25, 0.3) is 0 Å². The van der Waals surface area contributed by atoms with Crippen molar-refractivity contribution in [1.82, 2.24) is 25.4 Å². The zero-order chi connectivity index (χ0) is 15.2. The van der Waals surface area contributed by atoms with E-state index < -0.39 is 0 Å². The van der Waals surface area contributed by atoms with E-state index in [1.54, 1.807) is 11.0 Å². The van der Waals surface area contributed by atoms with Gasteiger partial charge in [0, 0.05) is 19.0 Å². The van der Waals surface area contributed by atoms with Crippen molar-refractivity contribution < 1.29 is 4.79 Å². The smallest absolute Gasteiger partial charge is 0.221 e. The molecule has 1 aromatic carbocycles. The molecule has 1 atom stereocenters. The van der Waals surface area contributed by atoms with Gasteiger partial charge in [-0.2, -0.15) is 5.10 Å². The normalized spacial score (nSPS) is 17.5. The lowest BCUT2D eigenvalue weighted by Gasteiger charge is -2.13. The summed E-state index contributed by atoms with van der Waals surface area (Å²) in [4.78, 5) is 16.0. The number of amides is 1. The topological polar surface area (TPSA) is 71.8 Å². The number of benzene rings is 1. The molecule has 0 radical (unpaired) electrons. The second kappa shape index (κ2) is 7.17. The highest BCUT2D eigenvalue weighted by atomic mass is 16.1. The Morgan fingerprint density at radius 1 is 1.36 bits per heavy atom. The Bertz CT molecular complexity index is 605. The summed E-state index contributed by atoms with van der Waals surface area (Å²) in [5.41, 5.74) is 2.26. The van der Waals surface area contributed by atoms with E-state index in [1.807, 2.05) is 18.2 Å². The molecule has 6 heteroatoms. The van der Waals surface area contributed by atoms with Crippen molar-refractivity contribution >= 4 is 5.91 Å². The second-order valence-electron chi connectivity index (χ2n) is 5.64. The van der Waals surface area contributed by atoms with Crippen LogP contribution in [-0.4, -0.2) is 33.3 Å². The summed E-state index contributed by atoms with van der Waals surface area (Å²) in [6.45, 7) is 2.24. The van der Waals surface area contributed by atoms with Crippen LogP contribution in [0.15, 0.2) is 36.9 Å². The summed E-state index contributed by atoms with van der Waals surface area (Å²) >= 11 is 0. The number of carbonyl (C=O) groups is 1. The first kappa shape index (κ1) is 14.7. The maximum atomic E-state index is 12.0. The van der Waals surface area contributed by atoms with E-state index in [4.69, 9.17) is 0 Å². The Morgan fingerprint density at radius 3 is 2.95 bits per heavy atom. The molecule has 0 saturated carbocycles. The predicted octanol–water partition coefficient (Wildman–Crippen LogP) is 1.08. The fourth-order valence-electron chi connectivity index (χ4n) is 2.79. The molecule has 1 saturated heterocycles. The van der Waals surface area contributed by atoms with Crippen LogP contribution in [0, 0.1) is 0 Å². The molecular formula is C16H21N5O. The SMILES string of the molecule is O=C(CC1CCCN1)NCc1ccccc1Cn1cncn1. The largest absolute Gasteiger partial charge is 0.352 e. The lowest BCUT2D eigenvalue weighted by Crippen LogP contribution is -2.31. The average Bonchev–Trinajstić information content (AvgIpc) is 3.20. The van der Waals surface area contributed by atoms with Crippen LogP contribution in [0.2, 0.25) is 0 Å². The maximum absolute atomic E-state index is 12.0. The molecule has 2 heterocycles. The minimum atomic E-state index is 0.106. The van der Waals surface area contributed by atoms with Crippen LogP contribution in [0.5, 0.6) is 0 Å². The second-order valence-corrected chi connectivity index (χ2v) is 5.64. The summed E-state index contributed by atoms with van der Waals surface area (Å²) in [7, 11) is 0. The first-order chi connectivity index (χ1) is 10.8. The van der Waals surface area contributed by atoms with Gasteiger partial charge in [0.1, 0.15) is 12.7 Å². The summed E-state index contributed by atoms with van der Waals surface area (Å²) in [6.07, 6.45) is 6.04. The molecule has 6 nitrogen and oxygen atoms in total. The van der Waals surface area contributed by atoms with E-state index in [2.05, 4.69) is 26.8 Å². The number of aromatic nitrogens is 3. The van der Waals surface area contributed by atoms with E-state index in [0.717, 1.165) is 24.1 Å². The molecule has 0 bridgehead atoms. The minimum Gasteiger partial charge on any atom is -0.352 e. The highest BCUT2D eigenvalue weighted by molar-refractivity contribution is 5.76. The van der Waals surface area contributed by atoms with E-state index in [-0.39, 0.29) is 5.91 Å². The van der Waals surface area contributed by atoms with Gasteiger partial charge < -0.3 is 10.6 Å². The molecule has 1 aliphatic rings. The number of hydrogen-bond acceptors (Lipinski definition) is 4. The minimum absolute atomic E-state index is 0.106. The van der Waals surface area contributed by atoms with Gasteiger partial charge in [-0.25, -0.2) is 9.67 Å². The number of rotatable bonds is 6. The number of carbonyl (C=O) groups excluding carboxylic acids is 1. The van der Waals surface area contributed by atoms with Gasteiger partial charge in [0.05, 0.1) is 6.54 Å². The molecule has 116 valence electrons. The van der Waals surface area contributed by atoms with Crippen molar-refractivity contribution in [2.75, 3.05) is 6.54 Å². The molecular weight excluding hydrogens is 278 g/mol. The summed E-state index contributed by atoms with van der Waals surface area (Å²) in [5.74, 6) is 0.106. The monoisotopic (exact) mass is 299 g/mol. The van der Waals surface area contributed by atoms with Crippen molar-refractivity contribution in [3.05, 3.63) is 48.0 Å². The highest BCUT2D eigenvalue weighted by Gasteiger charge is 2.17. The van der Waals surface area contributed by atoms with Crippen LogP contribution in [0.4, 0.5) is 0 Å². The van der Waals surface area contributed by atoms with Crippen molar-refractivity contribution in [2.45, 2.75) is 38.4 Å². The van der Waals surface area contributed by atoms with Gasteiger partial charge >= 0.3 is 0 Å². The van der Waals surface area contributed by atoms with Gasteiger partial charge in [0.15, 0.2) is 0 Å². The van der Waals surface area contributed by atoms with Crippen molar-refractivity contribution in [3.63, 3.8) is 0 Å².